The van der Waals surface area contributed by atoms with Gasteiger partial charge in [-0.1, -0.05) is 61.7 Å². The van der Waals surface area contributed by atoms with Crippen LogP contribution >= 0.6 is 43.5 Å². The Kier molecular flexibility index (Phi) is 5.46. The Morgan fingerprint density at radius 3 is 2.53 bits per heavy atom. The van der Waals surface area contributed by atoms with Crippen molar-refractivity contribution < 1.29 is 0 Å². The average Bonchev–Trinajstić information content (AvgIpc) is 2.36. The largest absolute Gasteiger partial charge is 0.306 e. The molecule has 0 spiro atoms. The molecule has 0 aliphatic carbocycles. The van der Waals surface area contributed by atoms with Crippen LogP contribution in [0.4, 0.5) is 0 Å². The van der Waals surface area contributed by atoms with Crippen LogP contribution in [0.25, 0.3) is 0 Å². The summed E-state index contributed by atoms with van der Waals surface area (Å²) >= 11 is 13.2. The van der Waals surface area contributed by atoms with E-state index < -0.39 is 0 Å². The molecule has 1 unspecified atom stereocenters. The van der Waals surface area contributed by atoms with E-state index in [9.17, 15) is 0 Å². The van der Waals surface area contributed by atoms with E-state index in [0.29, 0.717) is 0 Å². The molecule has 0 aromatic heterocycles. The number of rotatable bonds is 4. The van der Waals surface area contributed by atoms with E-state index in [1.165, 1.54) is 5.56 Å². The first-order chi connectivity index (χ1) is 9.06. The zero-order valence-corrected chi connectivity index (χ0v) is 14.4. The van der Waals surface area contributed by atoms with E-state index in [0.717, 1.165) is 26.1 Å². The lowest BCUT2D eigenvalue weighted by Gasteiger charge is -2.16. The van der Waals surface area contributed by atoms with Crippen LogP contribution in [-0.2, 0) is 6.54 Å². The summed E-state index contributed by atoms with van der Waals surface area (Å²) in [6.07, 6.45) is 0. The van der Waals surface area contributed by atoms with Crippen molar-refractivity contribution in [2.45, 2.75) is 19.5 Å². The molecule has 19 heavy (non-hydrogen) atoms. The summed E-state index contributed by atoms with van der Waals surface area (Å²) in [7, 11) is 0. The van der Waals surface area contributed by atoms with Crippen LogP contribution in [0.1, 0.15) is 24.1 Å². The molecule has 0 bridgehead atoms. The molecule has 0 fully saturated rings. The van der Waals surface area contributed by atoms with Gasteiger partial charge in [-0.15, -0.1) is 0 Å². The van der Waals surface area contributed by atoms with Gasteiger partial charge in [0.2, 0.25) is 0 Å². The molecular formula is C15H14Br2ClN. The van der Waals surface area contributed by atoms with Gasteiger partial charge in [0, 0.05) is 26.6 Å². The summed E-state index contributed by atoms with van der Waals surface area (Å²) in [6, 6.07) is 14.5. The number of halogens is 3. The Morgan fingerprint density at radius 2 is 1.84 bits per heavy atom. The van der Waals surface area contributed by atoms with Crippen LogP contribution in [-0.4, -0.2) is 0 Å². The number of benzene rings is 2. The molecule has 0 aliphatic heterocycles. The van der Waals surface area contributed by atoms with Crippen LogP contribution in [0.15, 0.2) is 51.4 Å². The van der Waals surface area contributed by atoms with Crippen molar-refractivity contribution in [1.82, 2.24) is 5.32 Å². The highest BCUT2D eigenvalue weighted by Gasteiger charge is 2.09. The molecule has 0 saturated heterocycles. The van der Waals surface area contributed by atoms with Gasteiger partial charge in [-0.3, -0.25) is 0 Å². The molecule has 0 amide bonds. The lowest BCUT2D eigenvalue weighted by Crippen LogP contribution is -2.18. The quantitative estimate of drug-likeness (QED) is 0.689. The lowest BCUT2D eigenvalue weighted by atomic mass is 10.1. The highest BCUT2D eigenvalue weighted by Crippen LogP contribution is 2.26. The van der Waals surface area contributed by atoms with Crippen molar-refractivity contribution in [2.75, 3.05) is 0 Å². The fraction of sp³-hybridized carbons (Fsp3) is 0.200. The fourth-order valence-electron chi connectivity index (χ4n) is 1.88. The monoisotopic (exact) mass is 401 g/mol. The molecule has 0 radical (unpaired) electrons. The second kappa shape index (κ2) is 6.89. The first-order valence-electron chi connectivity index (χ1n) is 5.99. The molecule has 0 saturated carbocycles. The molecule has 4 heteroatoms. The van der Waals surface area contributed by atoms with Crippen LogP contribution < -0.4 is 5.32 Å². The van der Waals surface area contributed by atoms with Gasteiger partial charge in [0.15, 0.2) is 0 Å². The van der Waals surface area contributed by atoms with E-state index >= 15 is 0 Å². The molecule has 1 N–H and O–H groups in total. The van der Waals surface area contributed by atoms with Gasteiger partial charge in [-0.05, 0) is 42.3 Å². The van der Waals surface area contributed by atoms with Gasteiger partial charge in [-0.25, -0.2) is 0 Å². The van der Waals surface area contributed by atoms with Crippen molar-refractivity contribution in [1.29, 1.82) is 0 Å². The van der Waals surface area contributed by atoms with Crippen molar-refractivity contribution in [2.24, 2.45) is 0 Å². The van der Waals surface area contributed by atoms with Gasteiger partial charge in [0.25, 0.3) is 0 Å². The SMILES string of the molecule is CC(NCc1cccc(Br)c1)c1ccc(Br)cc1Cl. The maximum absolute atomic E-state index is 6.25. The predicted molar refractivity (Wildman–Crippen MR) is 88.5 cm³/mol. The van der Waals surface area contributed by atoms with Gasteiger partial charge in [0.05, 0.1) is 0 Å². The van der Waals surface area contributed by atoms with Crippen LogP contribution in [0.2, 0.25) is 5.02 Å². The molecular weight excluding hydrogens is 389 g/mol. The Hall–Kier alpha value is -0.350. The molecule has 0 heterocycles. The van der Waals surface area contributed by atoms with Gasteiger partial charge < -0.3 is 5.32 Å². The minimum absolute atomic E-state index is 0.208. The minimum atomic E-state index is 0.208. The molecule has 2 aromatic carbocycles. The van der Waals surface area contributed by atoms with Crippen LogP contribution in [0.3, 0.4) is 0 Å². The minimum Gasteiger partial charge on any atom is -0.306 e. The maximum Gasteiger partial charge on any atom is 0.0464 e. The predicted octanol–water partition coefficient (Wildman–Crippen LogP) is 5.72. The Balaban J connectivity index is 2.03. The fourth-order valence-corrected chi connectivity index (χ4v) is 3.16. The number of hydrogen-bond donors (Lipinski definition) is 1. The highest BCUT2D eigenvalue weighted by atomic mass is 79.9. The third-order valence-corrected chi connectivity index (χ3v) is 4.24. The second-order valence-corrected chi connectivity index (χ2v) is 6.64. The van der Waals surface area contributed by atoms with E-state index in [4.69, 9.17) is 11.6 Å². The summed E-state index contributed by atoms with van der Waals surface area (Å²) in [5.74, 6) is 0. The number of nitrogens with one attached hydrogen (secondary N) is 1. The van der Waals surface area contributed by atoms with Crippen molar-refractivity contribution in [3.63, 3.8) is 0 Å². The number of hydrogen-bond acceptors (Lipinski definition) is 1. The van der Waals surface area contributed by atoms with E-state index in [2.05, 4.69) is 56.2 Å². The Labute approximate surface area is 135 Å². The first kappa shape index (κ1) is 15.0. The summed E-state index contributed by atoms with van der Waals surface area (Å²) < 4.78 is 2.10. The van der Waals surface area contributed by atoms with Crippen LogP contribution in [0.5, 0.6) is 0 Å². The zero-order chi connectivity index (χ0) is 13.8. The van der Waals surface area contributed by atoms with Crippen molar-refractivity contribution >= 4 is 43.5 Å². The molecule has 1 atom stereocenters. The molecule has 100 valence electrons. The molecule has 1 nitrogen and oxygen atoms in total. The zero-order valence-electron chi connectivity index (χ0n) is 10.5. The molecule has 0 aliphatic rings. The Morgan fingerprint density at radius 1 is 1.11 bits per heavy atom. The smallest absolute Gasteiger partial charge is 0.0464 e. The average molecular weight is 404 g/mol. The van der Waals surface area contributed by atoms with E-state index in [1.54, 1.807) is 0 Å². The van der Waals surface area contributed by atoms with Gasteiger partial charge in [0.1, 0.15) is 0 Å². The lowest BCUT2D eigenvalue weighted by molar-refractivity contribution is 0.574. The topological polar surface area (TPSA) is 12.0 Å². The summed E-state index contributed by atoms with van der Waals surface area (Å²) in [4.78, 5) is 0. The first-order valence-corrected chi connectivity index (χ1v) is 7.95. The summed E-state index contributed by atoms with van der Waals surface area (Å²) in [5, 5.41) is 4.26. The van der Waals surface area contributed by atoms with Crippen molar-refractivity contribution in [3.05, 3.63) is 67.6 Å². The van der Waals surface area contributed by atoms with E-state index in [-0.39, 0.29) is 6.04 Å². The van der Waals surface area contributed by atoms with Gasteiger partial charge in [-0.2, -0.15) is 0 Å². The third kappa shape index (κ3) is 4.32. The Bertz CT molecular complexity index is 572. The second-order valence-electron chi connectivity index (χ2n) is 4.40. The summed E-state index contributed by atoms with van der Waals surface area (Å²) in [5.41, 5.74) is 2.36. The third-order valence-electron chi connectivity index (χ3n) is 2.93. The summed E-state index contributed by atoms with van der Waals surface area (Å²) in [6.45, 7) is 2.93. The maximum atomic E-state index is 6.25. The van der Waals surface area contributed by atoms with E-state index in [1.807, 2.05) is 30.3 Å². The van der Waals surface area contributed by atoms with Crippen LogP contribution in [0, 0.1) is 0 Å². The molecule has 2 aromatic rings. The standard InChI is InChI=1S/C15H14Br2ClN/c1-10(14-6-5-13(17)8-15(14)18)19-9-11-3-2-4-12(16)7-11/h2-8,10,19H,9H2,1H3. The molecule has 2 rings (SSSR count). The van der Waals surface area contributed by atoms with Gasteiger partial charge >= 0.3 is 0 Å². The highest BCUT2D eigenvalue weighted by molar-refractivity contribution is 9.10. The van der Waals surface area contributed by atoms with Crippen molar-refractivity contribution in [3.8, 4) is 0 Å². The normalized spacial score (nSPS) is 12.4.